The summed E-state index contributed by atoms with van der Waals surface area (Å²) < 4.78 is 0. The van der Waals surface area contributed by atoms with E-state index in [1.807, 2.05) is 0 Å². The van der Waals surface area contributed by atoms with Crippen molar-refractivity contribution in [2.45, 2.75) is 58.3 Å². The molecule has 0 saturated heterocycles. The Hall–Kier alpha value is -0.0800. The van der Waals surface area contributed by atoms with Crippen molar-refractivity contribution in [3.8, 4) is 0 Å². The molecule has 0 fully saturated rings. The second-order valence-electron chi connectivity index (χ2n) is 4.50. The van der Waals surface area contributed by atoms with Gasteiger partial charge in [0, 0.05) is 6.54 Å². The predicted octanol–water partition coefficient (Wildman–Crippen LogP) is 3.05. The molecule has 0 aromatic rings. The van der Waals surface area contributed by atoms with Gasteiger partial charge in [-0.1, -0.05) is 51.9 Å². The lowest BCUT2D eigenvalue weighted by atomic mass is 10.1. The lowest BCUT2D eigenvalue weighted by molar-refractivity contribution is 0.219. The van der Waals surface area contributed by atoms with Gasteiger partial charge < -0.3 is 10.0 Å². The monoisotopic (exact) mass is 215 g/mol. The molecule has 0 atom stereocenters. The van der Waals surface area contributed by atoms with E-state index in [1.54, 1.807) is 0 Å². The SMILES string of the molecule is CCCCCCCCCCN(C)CCO. The topological polar surface area (TPSA) is 23.5 Å². The standard InChI is InChI=1S/C13H29NO/c1-3-4-5-6-7-8-9-10-11-14(2)12-13-15/h15H,3-13H2,1-2H3. The third-order valence-electron chi connectivity index (χ3n) is 2.88. The van der Waals surface area contributed by atoms with Crippen molar-refractivity contribution < 1.29 is 5.11 Å². The molecule has 0 radical (unpaired) electrons. The molecule has 15 heavy (non-hydrogen) atoms. The molecule has 0 amide bonds. The number of hydrogen-bond donors (Lipinski definition) is 1. The normalized spacial score (nSPS) is 11.2. The highest BCUT2D eigenvalue weighted by atomic mass is 16.3. The van der Waals surface area contributed by atoms with Crippen molar-refractivity contribution in [2.24, 2.45) is 0 Å². The van der Waals surface area contributed by atoms with Gasteiger partial charge in [0.2, 0.25) is 0 Å². The van der Waals surface area contributed by atoms with Crippen molar-refractivity contribution in [3.05, 3.63) is 0 Å². The Morgan fingerprint density at radius 3 is 1.87 bits per heavy atom. The predicted molar refractivity (Wildman–Crippen MR) is 67.2 cm³/mol. The van der Waals surface area contributed by atoms with E-state index in [2.05, 4.69) is 18.9 Å². The lowest BCUT2D eigenvalue weighted by Gasteiger charge is -2.14. The summed E-state index contributed by atoms with van der Waals surface area (Å²) in [5.74, 6) is 0. The molecule has 0 rings (SSSR count). The van der Waals surface area contributed by atoms with Crippen molar-refractivity contribution in [2.75, 3.05) is 26.7 Å². The number of nitrogens with zero attached hydrogens (tertiary/aromatic N) is 1. The zero-order chi connectivity index (χ0) is 11.4. The highest BCUT2D eigenvalue weighted by Crippen LogP contribution is 2.08. The summed E-state index contributed by atoms with van der Waals surface area (Å²) in [7, 11) is 2.08. The van der Waals surface area contributed by atoms with Crippen LogP contribution in [0.15, 0.2) is 0 Å². The second kappa shape index (κ2) is 12.0. The molecule has 0 heterocycles. The molecule has 2 heteroatoms. The van der Waals surface area contributed by atoms with Crippen LogP contribution in [0.25, 0.3) is 0 Å². The summed E-state index contributed by atoms with van der Waals surface area (Å²) in [6.07, 6.45) is 11.0. The number of aliphatic hydroxyl groups excluding tert-OH is 1. The first-order chi connectivity index (χ1) is 7.31. The van der Waals surface area contributed by atoms with Crippen LogP contribution >= 0.6 is 0 Å². The van der Waals surface area contributed by atoms with Crippen LogP contribution in [-0.2, 0) is 0 Å². The van der Waals surface area contributed by atoms with Gasteiger partial charge in [-0.3, -0.25) is 0 Å². The quantitative estimate of drug-likeness (QED) is 0.535. The number of unbranched alkanes of at least 4 members (excludes halogenated alkanes) is 7. The maximum Gasteiger partial charge on any atom is 0.0558 e. The van der Waals surface area contributed by atoms with E-state index in [9.17, 15) is 0 Å². The minimum Gasteiger partial charge on any atom is -0.395 e. The van der Waals surface area contributed by atoms with Crippen molar-refractivity contribution in [1.82, 2.24) is 4.90 Å². The van der Waals surface area contributed by atoms with Gasteiger partial charge in [-0.2, -0.15) is 0 Å². The van der Waals surface area contributed by atoms with Crippen LogP contribution in [0.5, 0.6) is 0 Å². The van der Waals surface area contributed by atoms with Gasteiger partial charge in [0.15, 0.2) is 0 Å². The average Bonchev–Trinajstić information content (AvgIpc) is 2.22. The highest BCUT2D eigenvalue weighted by molar-refractivity contribution is 4.51. The molecule has 0 unspecified atom stereocenters. The fourth-order valence-corrected chi connectivity index (χ4v) is 1.80. The van der Waals surface area contributed by atoms with Gasteiger partial charge in [0.1, 0.15) is 0 Å². The molecule has 0 aromatic carbocycles. The minimum absolute atomic E-state index is 0.285. The van der Waals surface area contributed by atoms with E-state index in [0.717, 1.165) is 13.1 Å². The van der Waals surface area contributed by atoms with Gasteiger partial charge in [-0.15, -0.1) is 0 Å². The fourth-order valence-electron chi connectivity index (χ4n) is 1.80. The molecule has 0 aromatic heterocycles. The Kier molecular flexibility index (Phi) is 11.9. The maximum absolute atomic E-state index is 8.72. The number of likely N-dealkylation sites (N-methyl/N-ethyl adjacent to an activating group) is 1. The number of hydrogen-bond acceptors (Lipinski definition) is 2. The zero-order valence-electron chi connectivity index (χ0n) is 10.7. The molecule has 0 aliphatic carbocycles. The molecular formula is C13H29NO. The Morgan fingerprint density at radius 1 is 0.800 bits per heavy atom. The van der Waals surface area contributed by atoms with Crippen LogP contribution in [0.3, 0.4) is 0 Å². The van der Waals surface area contributed by atoms with E-state index in [1.165, 1.54) is 51.4 Å². The first-order valence-corrected chi connectivity index (χ1v) is 6.60. The largest absolute Gasteiger partial charge is 0.395 e. The van der Waals surface area contributed by atoms with Crippen LogP contribution in [0.2, 0.25) is 0 Å². The zero-order valence-corrected chi connectivity index (χ0v) is 10.7. The summed E-state index contributed by atoms with van der Waals surface area (Å²) in [5, 5.41) is 8.72. The molecule has 0 aliphatic rings. The van der Waals surface area contributed by atoms with Crippen LogP contribution in [0.4, 0.5) is 0 Å². The van der Waals surface area contributed by atoms with Crippen molar-refractivity contribution >= 4 is 0 Å². The first kappa shape index (κ1) is 14.9. The highest BCUT2D eigenvalue weighted by Gasteiger charge is 1.96. The van der Waals surface area contributed by atoms with Crippen molar-refractivity contribution in [3.63, 3.8) is 0 Å². The molecular weight excluding hydrogens is 186 g/mol. The Bertz CT molecular complexity index is 117. The maximum atomic E-state index is 8.72. The summed E-state index contributed by atoms with van der Waals surface area (Å²) in [6.45, 7) is 4.50. The number of rotatable bonds is 11. The lowest BCUT2D eigenvalue weighted by Crippen LogP contribution is -2.23. The van der Waals surface area contributed by atoms with Gasteiger partial charge in [0.25, 0.3) is 0 Å². The van der Waals surface area contributed by atoms with E-state index < -0.39 is 0 Å². The summed E-state index contributed by atoms with van der Waals surface area (Å²) in [6, 6.07) is 0. The van der Waals surface area contributed by atoms with Crippen LogP contribution in [0, 0.1) is 0 Å². The minimum atomic E-state index is 0.285. The van der Waals surface area contributed by atoms with Gasteiger partial charge in [0.05, 0.1) is 6.61 Å². The molecule has 0 saturated carbocycles. The fraction of sp³-hybridized carbons (Fsp3) is 1.00. The third kappa shape index (κ3) is 11.8. The molecule has 0 spiro atoms. The third-order valence-corrected chi connectivity index (χ3v) is 2.88. The van der Waals surface area contributed by atoms with Crippen LogP contribution < -0.4 is 0 Å². The number of aliphatic hydroxyl groups is 1. The van der Waals surface area contributed by atoms with Crippen LogP contribution in [-0.4, -0.2) is 36.8 Å². The molecule has 92 valence electrons. The smallest absolute Gasteiger partial charge is 0.0558 e. The van der Waals surface area contributed by atoms with E-state index in [0.29, 0.717) is 0 Å². The average molecular weight is 215 g/mol. The second-order valence-corrected chi connectivity index (χ2v) is 4.50. The molecule has 0 aliphatic heterocycles. The van der Waals surface area contributed by atoms with Gasteiger partial charge in [-0.05, 0) is 20.0 Å². The van der Waals surface area contributed by atoms with E-state index in [-0.39, 0.29) is 6.61 Å². The van der Waals surface area contributed by atoms with Crippen molar-refractivity contribution in [1.29, 1.82) is 0 Å². The summed E-state index contributed by atoms with van der Waals surface area (Å²) >= 11 is 0. The van der Waals surface area contributed by atoms with E-state index >= 15 is 0 Å². The Balaban J connectivity index is 2.98. The van der Waals surface area contributed by atoms with Gasteiger partial charge in [-0.25, -0.2) is 0 Å². The van der Waals surface area contributed by atoms with E-state index in [4.69, 9.17) is 5.11 Å². The van der Waals surface area contributed by atoms with Gasteiger partial charge >= 0.3 is 0 Å². The molecule has 1 N–H and O–H groups in total. The molecule has 2 nitrogen and oxygen atoms in total. The molecule has 0 bridgehead atoms. The Labute approximate surface area is 95.7 Å². The first-order valence-electron chi connectivity index (χ1n) is 6.60. The van der Waals surface area contributed by atoms with Crippen LogP contribution in [0.1, 0.15) is 58.3 Å². The summed E-state index contributed by atoms with van der Waals surface area (Å²) in [4.78, 5) is 2.21. The summed E-state index contributed by atoms with van der Waals surface area (Å²) in [5.41, 5.74) is 0. The Morgan fingerprint density at radius 2 is 1.33 bits per heavy atom.